The SMILES string of the molecule is CCCCOc1ccc(NC(=O)/C(=C\c2cccc([N+](=O)[O-])c2)NC(C)=O)cc1. The smallest absolute Gasteiger partial charge is 0.272 e. The highest BCUT2D eigenvalue weighted by Gasteiger charge is 2.13. The number of nitro groups is 1. The molecule has 2 N–H and O–H groups in total. The van der Waals surface area contributed by atoms with Crippen molar-refractivity contribution in [3.05, 3.63) is 69.9 Å². The van der Waals surface area contributed by atoms with E-state index in [0.717, 1.165) is 12.8 Å². The lowest BCUT2D eigenvalue weighted by Crippen LogP contribution is -2.28. The molecule has 8 heteroatoms. The van der Waals surface area contributed by atoms with E-state index in [0.29, 0.717) is 23.6 Å². The Morgan fingerprint density at radius 3 is 2.52 bits per heavy atom. The first-order valence-electron chi connectivity index (χ1n) is 9.17. The van der Waals surface area contributed by atoms with Gasteiger partial charge in [0.2, 0.25) is 5.91 Å². The van der Waals surface area contributed by atoms with Gasteiger partial charge in [-0.1, -0.05) is 25.5 Å². The van der Waals surface area contributed by atoms with Gasteiger partial charge in [0.05, 0.1) is 11.5 Å². The highest BCUT2D eigenvalue weighted by Crippen LogP contribution is 2.18. The van der Waals surface area contributed by atoms with Crippen LogP contribution < -0.4 is 15.4 Å². The van der Waals surface area contributed by atoms with Crippen molar-refractivity contribution in [1.29, 1.82) is 0 Å². The summed E-state index contributed by atoms with van der Waals surface area (Å²) in [6.45, 7) is 3.98. The van der Waals surface area contributed by atoms with Gasteiger partial charge in [-0.25, -0.2) is 0 Å². The molecular weight excluding hydrogens is 374 g/mol. The van der Waals surface area contributed by atoms with Crippen molar-refractivity contribution < 1.29 is 19.2 Å². The normalized spacial score (nSPS) is 10.9. The summed E-state index contributed by atoms with van der Waals surface area (Å²) in [6, 6.07) is 12.6. The lowest BCUT2D eigenvalue weighted by atomic mass is 10.1. The van der Waals surface area contributed by atoms with Crippen LogP contribution in [0.4, 0.5) is 11.4 Å². The minimum absolute atomic E-state index is 0.0266. The molecule has 0 aliphatic carbocycles. The molecule has 0 bridgehead atoms. The Labute approximate surface area is 168 Å². The predicted octanol–water partition coefficient (Wildman–Crippen LogP) is 3.89. The molecule has 0 aromatic heterocycles. The molecule has 0 fully saturated rings. The Morgan fingerprint density at radius 2 is 1.90 bits per heavy atom. The number of carbonyl (C=O) groups excluding carboxylic acids is 2. The molecule has 0 aliphatic heterocycles. The van der Waals surface area contributed by atoms with Crippen LogP contribution in [0.2, 0.25) is 0 Å². The van der Waals surface area contributed by atoms with Crippen molar-refractivity contribution >= 4 is 29.3 Å². The van der Waals surface area contributed by atoms with Gasteiger partial charge >= 0.3 is 0 Å². The van der Waals surface area contributed by atoms with Crippen LogP contribution in [0.3, 0.4) is 0 Å². The van der Waals surface area contributed by atoms with Crippen LogP contribution in [0.25, 0.3) is 6.08 Å². The van der Waals surface area contributed by atoms with Crippen LogP contribution >= 0.6 is 0 Å². The first kappa shape index (κ1) is 21.6. The fraction of sp³-hybridized carbons (Fsp3) is 0.238. The molecule has 0 saturated carbocycles. The number of unbranched alkanes of at least 4 members (excludes halogenated alkanes) is 1. The average molecular weight is 397 g/mol. The fourth-order valence-electron chi connectivity index (χ4n) is 2.41. The quantitative estimate of drug-likeness (QED) is 0.289. The maximum Gasteiger partial charge on any atom is 0.272 e. The molecule has 0 heterocycles. The standard InChI is InChI=1S/C21H23N3O5/c1-3-4-12-29-19-10-8-17(9-11-19)23-21(26)20(22-15(2)25)14-16-6-5-7-18(13-16)24(27)28/h5-11,13-14H,3-4,12H2,1-2H3,(H,22,25)(H,23,26)/b20-14+. The van der Waals surface area contributed by atoms with E-state index in [4.69, 9.17) is 4.74 Å². The van der Waals surface area contributed by atoms with Crippen LogP contribution in [0.5, 0.6) is 5.75 Å². The lowest BCUT2D eigenvalue weighted by molar-refractivity contribution is -0.384. The third kappa shape index (κ3) is 7.10. The van der Waals surface area contributed by atoms with Crippen molar-refractivity contribution in [3.8, 4) is 5.75 Å². The predicted molar refractivity (Wildman–Crippen MR) is 110 cm³/mol. The lowest BCUT2D eigenvalue weighted by Gasteiger charge is -2.11. The first-order chi connectivity index (χ1) is 13.9. The summed E-state index contributed by atoms with van der Waals surface area (Å²) in [7, 11) is 0. The minimum Gasteiger partial charge on any atom is -0.494 e. The Hall–Kier alpha value is -3.68. The van der Waals surface area contributed by atoms with Crippen LogP contribution in [-0.2, 0) is 9.59 Å². The van der Waals surface area contributed by atoms with E-state index in [1.807, 2.05) is 0 Å². The number of benzene rings is 2. The molecular formula is C21H23N3O5. The molecule has 2 aromatic rings. The summed E-state index contributed by atoms with van der Waals surface area (Å²) in [5.41, 5.74) is 0.798. The number of non-ortho nitro benzene ring substituents is 1. The van der Waals surface area contributed by atoms with Gasteiger partial charge < -0.3 is 15.4 Å². The maximum absolute atomic E-state index is 12.6. The van der Waals surface area contributed by atoms with Gasteiger partial charge in [-0.2, -0.15) is 0 Å². The molecule has 152 valence electrons. The third-order valence-electron chi connectivity index (χ3n) is 3.83. The monoisotopic (exact) mass is 397 g/mol. The molecule has 2 amide bonds. The summed E-state index contributed by atoms with van der Waals surface area (Å²) in [4.78, 5) is 34.5. The second kappa shape index (κ2) is 10.6. The van der Waals surface area contributed by atoms with E-state index >= 15 is 0 Å². The number of amides is 2. The zero-order chi connectivity index (χ0) is 21.2. The number of carbonyl (C=O) groups is 2. The van der Waals surface area contributed by atoms with Crippen molar-refractivity contribution in [2.75, 3.05) is 11.9 Å². The highest BCUT2D eigenvalue weighted by atomic mass is 16.6. The summed E-state index contributed by atoms with van der Waals surface area (Å²) in [6.07, 6.45) is 3.38. The van der Waals surface area contributed by atoms with Crippen molar-refractivity contribution in [3.63, 3.8) is 0 Å². The molecule has 0 saturated heterocycles. The fourth-order valence-corrected chi connectivity index (χ4v) is 2.41. The van der Waals surface area contributed by atoms with E-state index in [1.54, 1.807) is 30.3 Å². The van der Waals surface area contributed by atoms with Crippen molar-refractivity contribution in [2.24, 2.45) is 0 Å². The Bertz CT molecular complexity index is 907. The highest BCUT2D eigenvalue weighted by molar-refractivity contribution is 6.08. The summed E-state index contributed by atoms with van der Waals surface area (Å²) in [5, 5.41) is 16.1. The Kier molecular flexibility index (Phi) is 7.90. The Balaban J connectivity index is 2.15. The van der Waals surface area contributed by atoms with E-state index in [-0.39, 0.29) is 11.4 Å². The number of ether oxygens (including phenoxy) is 1. The molecule has 2 aromatic carbocycles. The van der Waals surface area contributed by atoms with Gasteiger partial charge in [0.15, 0.2) is 0 Å². The van der Waals surface area contributed by atoms with Gasteiger partial charge in [-0.15, -0.1) is 0 Å². The molecule has 0 spiro atoms. The van der Waals surface area contributed by atoms with E-state index in [9.17, 15) is 19.7 Å². The summed E-state index contributed by atoms with van der Waals surface area (Å²) in [5.74, 6) is -0.284. The second-order valence-corrected chi connectivity index (χ2v) is 6.27. The number of anilines is 1. The van der Waals surface area contributed by atoms with E-state index < -0.39 is 16.7 Å². The third-order valence-corrected chi connectivity index (χ3v) is 3.83. The van der Waals surface area contributed by atoms with Gasteiger partial charge in [0.25, 0.3) is 11.6 Å². The molecule has 0 radical (unpaired) electrons. The van der Waals surface area contributed by atoms with Crippen LogP contribution in [0, 0.1) is 10.1 Å². The van der Waals surface area contributed by atoms with Crippen LogP contribution in [0.15, 0.2) is 54.2 Å². The molecule has 2 rings (SSSR count). The summed E-state index contributed by atoms with van der Waals surface area (Å²) < 4.78 is 5.58. The van der Waals surface area contributed by atoms with Crippen LogP contribution in [-0.4, -0.2) is 23.3 Å². The number of nitrogens with one attached hydrogen (secondary N) is 2. The molecule has 0 aliphatic rings. The van der Waals surface area contributed by atoms with E-state index in [2.05, 4.69) is 17.6 Å². The van der Waals surface area contributed by atoms with Gasteiger partial charge in [-0.05, 0) is 42.3 Å². The van der Waals surface area contributed by atoms with E-state index in [1.165, 1.54) is 31.2 Å². The molecule has 0 atom stereocenters. The molecule has 29 heavy (non-hydrogen) atoms. The number of hydrogen-bond donors (Lipinski definition) is 2. The number of hydrogen-bond acceptors (Lipinski definition) is 5. The average Bonchev–Trinajstić information content (AvgIpc) is 2.69. The zero-order valence-corrected chi connectivity index (χ0v) is 16.3. The topological polar surface area (TPSA) is 111 Å². The largest absolute Gasteiger partial charge is 0.494 e. The van der Waals surface area contributed by atoms with Gasteiger partial charge in [-0.3, -0.25) is 19.7 Å². The number of nitro benzene ring substituents is 1. The second-order valence-electron chi connectivity index (χ2n) is 6.27. The zero-order valence-electron chi connectivity index (χ0n) is 16.3. The molecule has 0 unspecified atom stereocenters. The van der Waals surface area contributed by atoms with Gasteiger partial charge in [0.1, 0.15) is 11.4 Å². The number of rotatable bonds is 9. The maximum atomic E-state index is 12.6. The van der Waals surface area contributed by atoms with Crippen molar-refractivity contribution in [1.82, 2.24) is 5.32 Å². The Morgan fingerprint density at radius 1 is 1.17 bits per heavy atom. The van der Waals surface area contributed by atoms with Crippen LogP contribution in [0.1, 0.15) is 32.3 Å². The minimum atomic E-state index is -0.550. The summed E-state index contributed by atoms with van der Waals surface area (Å²) >= 11 is 0. The molecule has 8 nitrogen and oxygen atoms in total. The van der Waals surface area contributed by atoms with Crippen molar-refractivity contribution in [2.45, 2.75) is 26.7 Å². The van der Waals surface area contributed by atoms with Gasteiger partial charge in [0, 0.05) is 24.7 Å². The first-order valence-corrected chi connectivity index (χ1v) is 9.17. The number of nitrogens with zero attached hydrogens (tertiary/aromatic N) is 1.